The third kappa shape index (κ3) is 3.91. The van der Waals surface area contributed by atoms with Crippen molar-refractivity contribution in [2.24, 2.45) is 4.99 Å². The quantitative estimate of drug-likeness (QED) is 0.521. The first-order valence-corrected chi connectivity index (χ1v) is 10.6. The summed E-state index contributed by atoms with van der Waals surface area (Å²) in [5.74, 6) is 0.756. The highest BCUT2D eigenvalue weighted by Crippen LogP contribution is 2.34. The molecule has 30 heavy (non-hydrogen) atoms. The minimum absolute atomic E-state index is 0.0210. The molecule has 5 nitrogen and oxygen atoms in total. The second-order valence-electron chi connectivity index (χ2n) is 6.84. The number of aliphatic imine (C=N–C) groups is 1. The van der Waals surface area contributed by atoms with Crippen LogP contribution in [0.3, 0.4) is 0 Å². The molecule has 0 spiro atoms. The van der Waals surface area contributed by atoms with Gasteiger partial charge in [-0.3, -0.25) is 9.69 Å². The van der Waals surface area contributed by atoms with E-state index in [-0.39, 0.29) is 5.91 Å². The zero-order chi connectivity index (χ0) is 21.1. The predicted octanol–water partition coefficient (Wildman–Crippen LogP) is 5.42. The highest BCUT2D eigenvalue weighted by molar-refractivity contribution is 8.18. The number of carbonyl (C=O) groups is 1. The number of hydrogen-bond donors (Lipinski definition) is 0. The van der Waals surface area contributed by atoms with Crippen LogP contribution in [-0.4, -0.2) is 34.2 Å². The van der Waals surface area contributed by atoms with Crippen LogP contribution >= 0.6 is 11.8 Å². The standard InChI is InChI=1S/C24H23N3O2S/c1-4-26-23(28)22(30-24(26)25-18-11-13-20(29-3)14-12-18)16-19-9-7-15-27(19)21-10-6-5-8-17(21)2/h5-16H,4H2,1-3H3/b22-16+,25-24?. The molecule has 1 aliphatic heterocycles. The van der Waals surface area contributed by atoms with Gasteiger partial charge in [-0.1, -0.05) is 18.2 Å². The summed E-state index contributed by atoms with van der Waals surface area (Å²) in [7, 11) is 1.63. The molecule has 0 aliphatic carbocycles. The largest absolute Gasteiger partial charge is 0.497 e. The van der Waals surface area contributed by atoms with Crippen LogP contribution in [0, 0.1) is 6.92 Å². The highest BCUT2D eigenvalue weighted by Gasteiger charge is 2.32. The van der Waals surface area contributed by atoms with Gasteiger partial charge in [0.2, 0.25) is 0 Å². The zero-order valence-corrected chi connectivity index (χ0v) is 18.0. The van der Waals surface area contributed by atoms with Crippen molar-refractivity contribution in [3.8, 4) is 11.4 Å². The summed E-state index contributed by atoms with van der Waals surface area (Å²) in [6.07, 6.45) is 3.96. The molecule has 1 aliphatic rings. The predicted molar refractivity (Wildman–Crippen MR) is 124 cm³/mol. The fraction of sp³-hybridized carbons (Fsp3) is 0.167. The fourth-order valence-electron chi connectivity index (χ4n) is 3.34. The Morgan fingerprint density at radius 3 is 2.53 bits per heavy atom. The Morgan fingerprint density at radius 1 is 1.07 bits per heavy atom. The summed E-state index contributed by atoms with van der Waals surface area (Å²) in [6, 6.07) is 19.7. The average molecular weight is 418 g/mol. The van der Waals surface area contributed by atoms with Gasteiger partial charge in [0, 0.05) is 24.1 Å². The number of para-hydroxylation sites is 1. The number of aryl methyl sites for hydroxylation is 1. The van der Waals surface area contributed by atoms with Crippen molar-refractivity contribution < 1.29 is 9.53 Å². The van der Waals surface area contributed by atoms with Gasteiger partial charge in [-0.15, -0.1) is 0 Å². The first kappa shape index (κ1) is 20.0. The summed E-state index contributed by atoms with van der Waals surface area (Å²) in [4.78, 5) is 20.1. The molecule has 0 unspecified atom stereocenters. The summed E-state index contributed by atoms with van der Waals surface area (Å²) in [6.45, 7) is 4.61. The fourth-order valence-corrected chi connectivity index (χ4v) is 4.38. The van der Waals surface area contributed by atoms with Crippen LogP contribution in [0.4, 0.5) is 5.69 Å². The number of hydrogen-bond acceptors (Lipinski definition) is 4. The maximum Gasteiger partial charge on any atom is 0.266 e. The normalized spacial score (nSPS) is 16.6. The number of aromatic nitrogens is 1. The average Bonchev–Trinajstić information content (AvgIpc) is 3.33. The van der Waals surface area contributed by atoms with Crippen LogP contribution in [0.15, 0.2) is 76.8 Å². The molecule has 0 atom stereocenters. The van der Waals surface area contributed by atoms with Crippen molar-refractivity contribution in [2.75, 3.05) is 13.7 Å². The molecule has 0 N–H and O–H groups in total. The molecular formula is C24H23N3O2S. The summed E-state index contributed by atoms with van der Waals surface area (Å²) in [5.41, 5.74) is 4.02. The Bertz CT molecular complexity index is 1130. The molecule has 0 saturated carbocycles. The van der Waals surface area contributed by atoms with Crippen LogP contribution in [0.5, 0.6) is 5.75 Å². The molecule has 6 heteroatoms. The van der Waals surface area contributed by atoms with Crippen molar-refractivity contribution in [1.82, 2.24) is 9.47 Å². The van der Waals surface area contributed by atoms with E-state index in [2.05, 4.69) is 23.6 Å². The molecule has 152 valence electrons. The van der Waals surface area contributed by atoms with Crippen LogP contribution in [0.2, 0.25) is 0 Å². The van der Waals surface area contributed by atoms with Gasteiger partial charge in [-0.2, -0.15) is 0 Å². The molecule has 2 aromatic carbocycles. The summed E-state index contributed by atoms with van der Waals surface area (Å²) < 4.78 is 7.30. The summed E-state index contributed by atoms with van der Waals surface area (Å²) >= 11 is 1.41. The maximum absolute atomic E-state index is 13.0. The minimum atomic E-state index is -0.0210. The molecule has 1 aromatic heterocycles. The molecule has 0 radical (unpaired) electrons. The lowest BCUT2D eigenvalue weighted by molar-refractivity contribution is -0.122. The zero-order valence-electron chi connectivity index (χ0n) is 17.2. The van der Waals surface area contributed by atoms with E-state index < -0.39 is 0 Å². The number of amides is 1. The van der Waals surface area contributed by atoms with Gasteiger partial charge in [-0.05, 0) is 79.7 Å². The van der Waals surface area contributed by atoms with Gasteiger partial charge < -0.3 is 9.30 Å². The molecule has 3 aromatic rings. The first-order chi connectivity index (χ1) is 14.6. The third-order valence-electron chi connectivity index (χ3n) is 4.94. The molecular weight excluding hydrogens is 394 g/mol. The van der Waals surface area contributed by atoms with Gasteiger partial charge in [-0.25, -0.2) is 4.99 Å². The second kappa shape index (κ2) is 8.63. The number of carbonyl (C=O) groups excluding carboxylic acids is 1. The van der Waals surface area contributed by atoms with Crippen LogP contribution in [0.25, 0.3) is 11.8 Å². The minimum Gasteiger partial charge on any atom is -0.497 e. The molecule has 1 amide bonds. The van der Waals surface area contributed by atoms with Gasteiger partial charge in [0.25, 0.3) is 5.91 Å². The monoisotopic (exact) mass is 417 g/mol. The first-order valence-electron chi connectivity index (χ1n) is 9.78. The number of ether oxygens (including phenoxy) is 1. The number of nitrogens with zero attached hydrogens (tertiary/aromatic N) is 3. The van der Waals surface area contributed by atoms with Crippen LogP contribution in [-0.2, 0) is 4.79 Å². The lowest BCUT2D eigenvalue weighted by atomic mass is 10.2. The van der Waals surface area contributed by atoms with Crippen LogP contribution in [0.1, 0.15) is 18.2 Å². The number of likely N-dealkylation sites (N-methyl/N-ethyl adjacent to an activating group) is 1. The Balaban J connectivity index is 1.67. The Kier molecular flexibility index (Phi) is 5.77. The number of thioether (sulfide) groups is 1. The Hall–Kier alpha value is -3.25. The van der Waals surface area contributed by atoms with Crippen molar-refractivity contribution >= 4 is 34.6 Å². The molecule has 1 fully saturated rings. The lowest BCUT2D eigenvalue weighted by Crippen LogP contribution is -2.28. The number of benzene rings is 2. The molecule has 1 saturated heterocycles. The molecule has 4 rings (SSSR count). The van der Waals surface area contributed by atoms with E-state index in [0.29, 0.717) is 16.6 Å². The van der Waals surface area contributed by atoms with Crippen molar-refractivity contribution in [2.45, 2.75) is 13.8 Å². The van der Waals surface area contributed by atoms with E-state index in [1.807, 2.05) is 67.7 Å². The molecule has 0 bridgehead atoms. The number of methoxy groups -OCH3 is 1. The van der Waals surface area contributed by atoms with Crippen molar-refractivity contribution in [3.05, 3.63) is 83.0 Å². The van der Waals surface area contributed by atoms with Gasteiger partial charge in [0.05, 0.1) is 17.7 Å². The topological polar surface area (TPSA) is 46.8 Å². The SMILES string of the molecule is CCN1C(=O)/C(=C\c2cccn2-c2ccccc2C)SC1=Nc1ccc(OC)cc1. The lowest BCUT2D eigenvalue weighted by Gasteiger charge is -2.12. The Morgan fingerprint density at radius 2 is 1.83 bits per heavy atom. The number of rotatable bonds is 5. The van der Waals surface area contributed by atoms with E-state index in [4.69, 9.17) is 9.73 Å². The van der Waals surface area contributed by atoms with E-state index in [1.54, 1.807) is 12.0 Å². The van der Waals surface area contributed by atoms with E-state index >= 15 is 0 Å². The van der Waals surface area contributed by atoms with Crippen LogP contribution < -0.4 is 4.74 Å². The van der Waals surface area contributed by atoms with E-state index in [0.717, 1.165) is 22.8 Å². The third-order valence-corrected chi connectivity index (χ3v) is 5.94. The van der Waals surface area contributed by atoms with Gasteiger partial charge in [0.15, 0.2) is 5.17 Å². The van der Waals surface area contributed by atoms with Crippen molar-refractivity contribution in [1.29, 1.82) is 0 Å². The highest BCUT2D eigenvalue weighted by atomic mass is 32.2. The maximum atomic E-state index is 13.0. The second-order valence-corrected chi connectivity index (χ2v) is 7.85. The van der Waals surface area contributed by atoms with Gasteiger partial charge >= 0.3 is 0 Å². The van der Waals surface area contributed by atoms with Crippen molar-refractivity contribution in [3.63, 3.8) is 0 Å². The van der Waals surface area contributed by atoms with Gasteiger partial charge in [0.1, 0.15) is 5.75 Å². The smallest absolute Gasteiger partial charge is 0.266 e. The van der Waals surface area contributed by atoms with E-state index in [1.165, 1.54) is 17.3 Å². The summed E-state index contributed by atoms with van der Waals surface area (Å²) in [5, 5.41) is 0.688. The molecule has 2 heterocycles. The Labute approximate surface area is 180 Å². The van der Waals surface area contributed by atoms with E-state index in [9.17, 15) is 4.79 Å². The number of amidine groups is 1.